The zero-order valence-corrected chi connectivity index (χ0v) is 12.4. The van der Waals surface area contributed by atoms with E-state index in [1.165, 1.54) is 58.2 Å². The highest BCUT2D eigenvalue weighted by Gasteiger charge is 2.33. The molecule has 2 nitrogen and oxygen atoms in total. The largest absolute Gasteiger partial charge is 0.319 e. The second-order valence-corrected chi connectivity index (χ2v) is 6.16. The van der Waals surface area contributed by atoms with Crippen LogP contribution >= 0.6 is 0 Å². The quantitative estimate of drug-likeness (QED) is 0.735. The molecule has 0 unspecified atom stereocenters. The van der Waals surface area contributed by atoms with Crippen molar-refractivity contribution in [3.8, 4) is 0 Å². The van der Waals surface area contributed by atoms with Crippen molar-refractivity contribution < 1.29 is 0 Å². The Morgan fingerprint density at radius 3 is 2.29 bits per heavy atom. The fraction of sp³-hybridized carbons (Fsp3) is 1.00. The van der Waals surface area contributed by atoms with E-state index in [4.69, 9.17) is 0 Å². The zero-order valence-electron chi connectivity index (χ0n) is 12.4. The van der Waals surface area contributed by atoms with Gasteiger partial charge in [0.25, 0.3) is 0 Å². The number of rotatable bonds is 7. The van der Waals surface area contributed by atoms with Crippen LogP contribution in [-0.4, -0.2) is 37.6 Å². The lowest BCUT2D eigenvalue weighted by Crippen LogP contribution is -2.47. The zero-order chi connectivity index (χ0) is 12.7. The van der Waals surface area contributed by atoms with Gasteiger partial charge >= 0.3 is 0 Å². The normalized spacial score (nSPS) is 20.1. The maximum Gasteiger partial charge on any atom is 0.00528 e. The lowest BCUT2D eigenvalue weighted by molar-refractivity contribution is 0.0851. The van der Waals surface area contributed by atoms with Gasteiger partial charge in [-0.1, -0.05) is 26.2 Å². The van der Waals surface area contributed by atoms with E-state index in [9.17, 15) is 0 Å². The van der Waals surface area contributed by atoms with E-state index in [2.05, 4.69) is 38.0 Å². The van der Waals surface area contributed by atoms with Crippen LogP contribution in [0.5, 0.6) is 0 Å². The van der Waals surface area contributed by atoms with Gasteiger partial charge in [0.05, 0.1) is 0 Å². The van der Waals surface area contributed by atoms with E-state index in [0.717, 1.165) is 0 Å². The summed E-state index contributed by atoms with van der Waals surface area (Å²) in [5.41, 5.74) is 0.548. The van der Waals surface area contributed by atoms with Crippen molar-refractivity contribution in [1.29, 1.82) is 0 Å². The molecule has 0 aromatic heterocycles. The molecule has 0 radical (unpaired) electrons. The van der Waals surface area contributed by atoms with Gasteiger partial charge in [-0.15, -0.1) is 0 Å². The molecule has 2 heteroatoms. The average molecular weight is 240 g/mol. The van der Waals surface area contributed by atoms with Crippen LogP contribution in [0, 0.1) is 5.41 Å². The monoisotopic (exact) mass is 240 g/mol. The van der Waals surface area contributed by atoms with Crippen molar-refractivity contribution in [2.24, 2.45) is 5.41 Å². The Labute approximate surface area is 108 Å². The van der Waals surface area contributed by atoms with Gasteiger partial charge in [0.15, 0.2) is 0 Å². The minimum absolute atomic E-state index is 0.548. The minimum Gasteiger partial charge on any atom is -0.319 e. The molecule has 1 rings (SSSR count). The molecule has 0 heterocycles. The highest BCUT2D eigenvalue weighted by Crippen LogP contribution is 2.36. The van der Waals surface area contributed by atoms with Crippen molar-refractivity contribution in [3.63, 3.8) is 0 Å². The first-order chi connectivity index (χ1) is 8.13. The summed E-state index contributed by atoms with van der Waals surface area (Å²) in [6.07, 6.45) is 8.41. The van der Waals surface area contributed by atoms with Crippen LogP contribution < -0.4 is 5.32 Å². The third-order valence-electron chi connectivity index (χ3n) is 4.25. The summed E-state index contributed by atoms with van der Waals surface area (Å²) in [5.74, 6) is 0. The van der Waals surface area contributed by atoms with E-state index in [-0.39, 0.29) is 0 Å². The van der Waals surface area contributed by atoms with Crippen LogP contribution in [-0.2, 0) is 0 Å². The summed E-state index contributed by atoms with van der Waals surface area (Å²) in [5, 5.41) is 3.44. The second-order valence-electron chi connectivity index (χ2n) is 6.16. The lowest BCUT2D eigenvalue weighted by atomic mass is 9.73. The van der Waals surface area contributed by atoms with Crippen LogP contribution in [0.15, 0.2) is 0 Å². The Kier molecular flexibility index (Phi) is 6.50. The molecule has 1 N–H and O–H groups in total. The van der Waals surface area contributed by atoms with E-state index in [1.807, 2.05) is 0 Å². The van der Waals surface area contributed by atoms with E-state index < -0.39 is 0 Å². The van der Waals surface area contributed by atoms with Crippen LogP contribution in [0.1, 0.15) is 59.3 Å². The molecular weight excluding hydrogens is 208 g/mol. The first-order valence-electron chi connectivity index (χ1n) is 7.52. The lowest BCUT2D eigenvalue weighted by Gasteiger charge is -2.42. The van der Waals surface area contributed by atoms with Gasteiger partial charge in [-0.05, 0) is 52.1 Å². The molecule has 0 atom stereocenters. The maximum atomic E-state index is 3.44. The first kappa shape index (κ1) is 15.0. The second kappa shape index (κ2) is 7.38. The Morgan fingerprint density at radius 1 is 1.18 bits per heavy atom. The minimum atomic E-state index is 0.548. The molecule has 17 heavy (non-hydrogen) atoms. The fourth-order valence-electron chi connectivity index (χ4n) is 3.31. The van der Waals surface area contributed by atoms with Gasteiger partial charge in [-0.25, -0.2) is 0 Å². The summed E-state index contributed by atoms with van der Waals surface area (Å²) in [7, 11) is 2.11. The van der Waals surface area contributed by atoms with Crippen LogP contribution in [0.25, 0.3) is 0 Å². The van der Waals surface area contributed by atoms with Crippen LogP contribution in [0.2, 0.25) is 0 Å². The van der Waals surface area contributed by atoms with Crippen molar-refractivity contribution in [2.75, 3.05) is 26.7 Å². The number of nitrogens with one attached hydrogen (secondary N) is 1. The standard InChI is InChI=1S/C15H32N2/c1-5-11-17(14(2)3)13-15(12-16-4)9-7-6-8-10-15/h14,16H,5-13H2,1-4H3. The third kappa shape index (κ3) is 4.59. The van der Waals surface area contributed by atoms with Gasteiger partial charge in [-0.3, -0.25) is 0 Å². The summed E-state index contributed by atoms with van der Waals surface area (Å²) in [6, 6.07) is 0.686. The predicted octanol–water partition coefficient (Wildman–Crippen LogP) is 3.28. The molecule has 0 spiro atoms. The maximum absolute atomic E-state index is 3.44. The van der Waals surface area contributed by atoms with Crippen molar-refractivity contribution in [2.45, 2.75) is 65.3 Å². The van der Waals surface area contributed by atoms with E-state index >= 15 is 0 Å². The highest BCUT2D eigenvalue weighted by molar-refractivity contribution is 4.88. The highest BCUT2D eigenvalue weighted by atomic mass is 15.2. The van der Waals surface area contributed by atoms with Gasteiger partial charge in [0.1, 0.15) is 0 Å². The summed E-state index contributed by atoms with van der Waals surface area (Å²) < 4.78 is 0. The van der Waals surface area contributed by atoms with Crippen molar-refractivity contribution in [1.82, 2.24) is 10.2 Å². The molecule has 1 aliphatic carbocycles. The Morgan fingerprint density at radius 2 is 1.82 bits per heavy atom. The molecule has 0 aromatic rings. The van der Waals surface area contributed by atoms with Crippen LogP contribution in [0.3, 0.4) is 0 Å². The Bertz CT molecular complexity index is 190. The number of hydrogen-bond acceptors (Lipinski definition) is 2. The summed E-state index contributed by atoms with van der Waals surface area (Å²) in [6.45, 7) is 10.7. The average Bonchev–Trinajstić information content (AvgIpc) is 2.30. The Balaban J connectivity index is 2.62. The molecule has 1 saturated carbocycles. The van der Waals surface area contributed by atoms with E-state index in [0.29, 0.717) is 11.5 Å². The van der Waals surface area contributed by atoms with Gasteiger partial charge in [0.2, 0.25) is 0 Å². The first-order valence-corrected chi connectivity index (χ1v) is 7.52. The number of nitrogens with zero attached hydrogens (tertiary/aromatic N) is 1. The van der Waals surface area contributed by atoms with E-state index in [1.54, 1.807) is 0 Å². The molecule has 0 saturated heterocycles. The smallest absolute Gasteiger partial charge is 0.00528 e. The predicted molar refractivity (Wildman–Crippen MR) is 76.4 cm³/mol. The van der Waals surface area contributed by atoms with Crippen molar-refractivity contribution >= 4 is 0 Å². The van der Waals surface area contributed by atoms with Crippen molar-refractivity contribution in [3.05, 3.63) is 0 Å². The number of hydrogen-bond donors (Lipinski definition) is 1. The van der Waals surface area contributed by atoms with Gasteiger partial charge < -0.3 is 10.2 Å². The molecule has 1 aliphatic rings. The molecule has 1 fully saturated rings. The SMILES string of the molecule is CCCN(CC1(CNC)CCCCC1)C(C)C. The topological polar surface area (TPSA) is 15.3 Å². The molecule has 0 bridgehead atoms. The van der Waals surface area contributed by atoms with Crippen LogP contribution in [0.4, 0.5) is 0 Å². The molecule has 0 aliphatic heterocycles. The van der Waals surface area contributed by atoms with Gasteiger partial charge in [0, 0.05) is 19.1 Å². The molecule has 0 aromatic carbocycles. The fourth-order valence-corrected chi connectivity index (χ4v) is 3.31. The molecular formula is C15H32N2. The van der Waals surface area contributed by atoms with Gasteiger partial charge in [-0.2, -0.15) is 0 Å². The summed E-state index contributed by atoms with van der Waals surface area (Å²) in [4.78, 5) is 2.68. The summed E-state index contributed by atoms with van der Waals surface area (Å²) >= 11 is 0. The Hall–Kier alpha value is -0.0800. The molecule has 102 valence electrons. The third-order valence-corrected chi connectivity index (χ3v) is 4.25. The molecule has 0 amide bonds.